The largest absolute Gasteiger partial charge is 0.493 e. The van der Waals surface area contributed by atoms with E-state index in [0.29, 0.717) is 41.1 Å². The standard InChI is InChI=1S/C25H24BrClN2O3S/c1-31-21-8-6-16(23(27)24(21)32-2)7-9-22(30)29-12-10-17(11-13-29)25-28-20(15-33-25)18-4-3-5-19(26)14-18/h3-9,14-15,17H,10-13H2,1-2H3. The Morgan fingerprint density at radius 3 is 2.70 bits per heavy atom. The number of hydrogen-bond donors (Lipinski definition) is 0. The molecule has 4 rings (SSSR count). The number of benzene rings is 2. The lowest BCUT2D eigenvalue weighted by Gasteiger charge is -2.30. The number of halogens is 2. The molecule has 0 bridgehead atoms. The summed E-state index contributed by atoms with van der Waals surface area (Å²) >= 11 is 11.6. The van der Waals surface area contributed by atoms with Gasteiger partial charge in [-0.05, 0) is 48.7 Å². The van der Waals surface area contributed by atoms with Gasteiger partial charge < -0.3 is 14.4 Å². The molecule has 0 atom stereocenters. The van der Waals surface area contributed by atoms with Crippen molar-refractivity contribution in [2.75, 3.05) is 27.3 Å². The predicted octanol–water partition coefficient (Wildman–Crippen LogP) is 6.66. The third-order valence-corrected chi connectivity index (χ3v) is 7.61. The van der Waals surface area contributed by atoms with E-state index in [4.69, 9.17) is 26.1 Å². The van der Waals surface area contributed by atoms with Gasteiger partial charge in [0, 0.05) is 40.5 Å². The molecule has 3 aromatic rings. The lowest BCUT2D eigenvalue weighted by atomic mass is 9.97. The fourth-order valence-corrected chi connectivity index (χ4v) is 5.60. The Labute approximate surface area is 211 Å². The zero-order valence-corrected chi connectivity index (χ0v) is 21.5. The van der Waals surface area contributed by atoms with Crippen LogP contribution in [0.4, 0.5) is 0 Å². The fourth-order valence-electron chi connectivity index (χ4n) is 3.90. The lowest BCUT2D eigenvalue weighted by molar-refractivity contribution is -0.126. The van der Waals surface area contributed by atoms with Crippen molar-refractivity contribution in [1.29, 1.82) is 0 Å². The molecule has 2 heterocycles. The number of hydrogen-bond acceptors (Lipinski definition) is 5. The van der Waals surface area contributed by atoms with Crippen LogP contribution < -0.4 is 9.47 Å². The zero-order valence-electron chi connectivity index (χ0n) is 18.4. The quantitative estimate of drug-likeness (QED) is 0.324. The molecule has 172 valence electrons. The van der Waals surface area contributed by atoms with Gasteiger partial charge in [0.15, 0.2) is 11.5 Å². The van der Waals surface area contributed by atoms with Crippen molar-refractivity contribution in [2.24, 2.45) is 0 Å². The Morgan fingerprint density at radius 1 is 1.21 bits per heavy atom. The molecule has 1 aliphatic heterocycles. The molecule has 0 aliphatic carbocycles. The van der Waals surface area contributed by atoms with Gasteiger partial charge >= 0.3 is 0 Å². The molecular formula is C25H24BrClN2O3S. The Hall–Kier alpha value is -2.35. The minimum atomic E-state index is -0.0201. The Balaban J connectivity index is 1.37. The van der Waals surface area contributed by atoms with E-state index < -0.39 is 0 Å². The van der Waals surface area contributed by atoms with E-state index in [0.717, 1.165) is 33.6 Å². The van der Waals surface area contributed by atoms with Gasteiger partial charge in [-0.15, -0.1) is 11.3 Å². The number of likely N-dealkylation sites (tertiary alicyclic amines) is 1. The van der Waals surface area contributed by atoms with Crippen LogP contribution in [0.25, 0.3) is 17.3 Å². The summed E-state index contributed by atoms with van der Waals surface area (Å²) in [5, 5.41) is 3.68. The van der Waals surface area contributed by atoms with Crippen LogP contribution in [0.15, 0.2) is 52.3 Å². The van der Waals surface area contributed by atoms with E-state index in [1.54, 1.807) is 36.7 Å². The van der Waals surface area contributed by atoms with Crippen molar-refractivity contribution in [1.82, 2.24) is 9.88 Å². The van der Waals surface area contributed by atoms with Crippen molar-refractivity contribution < 1.29 is 14.3 Å². The first kappa shape index (κ1) is 23.8. The van der Waals surface area contributed by atoms with Crippen molar-refractivity contribution in [2.45, 2.75) is 18.8 Å². The third kappa shape index (κ3) is 5.42. The Morgan fingerprint density at radius 2 is 2.00 bits per heavy atom. The molecule has 1 aliphatic rings. The minimum absolute atomic E-state index is 0.0201. The number of amides is 1. The highest BCUT2D eigenvalue weighted by atomic mass is 79.9. The summed E-state index contributed by atoms with van der Waals surface area (Å²) in [6.07, 6.45) is 5.11. The first-order valence-electron chi connectivity index (χ1n) is 10.6. The highest BCUT2D eigenvalue weighted by Gasteiger charge is 2.25. The van der Waals surface area contributed by atoms with Crippen LogP contribution in [0.5, 0.6) is 11.5 Å². The maximum atomic E-state index is 12.7. The van der Waals surface area contributed by atoms with Crippen LogP contribution in [0.1, 0.15) is 29.3 Å². The zero-order chi connectivity index (χ0) is 23.4. The van der Waals surface area contributed by atoms with Gasteiger partial charge in [-0.2, -0.15) is 0 Å². The number of carbonyl (C=O) groups excluding carboxylic acids is 1. The van der Waals surface area contributed by atoms with Crippen molar-refractivity contribution in [3.8, 4) is 22.8 Å². The summed E-state index contributed by atoms with van der Waals surface area (Å²) < 4.78 is 11.6. The first-order valence-corrected chi connectivity index (χ1v) is 12.6. The van der Waals surface area contributed by atoms with Crippen LogP contribution in [0.3, 0.4) is 0 Å². The molecule has 2 aromatic carbocycles. The SMILES string of the molecule is COc1ccc(C=CC(=O)N2CCC(c3nc(-c4cccc(Br)c4)cs3)CC2)c(Cl)c1OC. The van der Waals surface area contributed by atoms with Gasteiger partial charge in [-0.1, -0.05) is 39.7 Å². The maximum absolute atomic E-state index is 12.7. The molecule has 33 heavy (non-hydrogen) atoms. The van der Waals surface area contributed by atoms with Gasteiger partial charge in [-0.25, -0.2) is 4.98 Å². The van der Waals surface area contributed by atoms with E-state index in [1.807, 2.05) is 23.1 Å². The van der Waals surface area contributed by atoms with E-state index in [1.165, 1.54) is 7.11 Å². The van der Waals surface area contributed by atoms with Crippen molar-refractivity contribution >= 4 is 50.9 Å². The molecular weight excluding hydrogens is 524 g/mol. The number of aromatic nitrogens is 1. The molecule has 8 heteroatoms. The summed E-state index contributed by atoms with van der Waals surface area (Å²) in [6, 6.07) is 11.8. The second-order valence-electron chi connectivity index (χ2n) is 7.72. The number of ether oxygens (including phenoxy) is 2. The van der Waals surface area contributed by atoms with Gasteiger partial charge in [0.25, 0.3) is 0 Å². The summed E-state index contributed by atoms with van der Waals surface area (Å²) in [5.41, 5.74) is 2.82. The van der Waals surface area contributed by atoms with Gasteiger partial charge in [-0.3, -0.25) is 4.79 Å². The second kappa shape index (κ2) is 10.7. The molecule has 0 N–H and O–H groups in total. The number of rotatable bonds is 6. The lowest BCUT2D eigenvalue weighted by Crippen LogP contribution is -2.36. The fraction of sp³-hybridized carbons (Fsp3) is 0.280. The Kier molecular flexibility index (Phi) is 7.73. The smallest absolute Gasteiger partial charge is 0.246 e. The summed E-state index contributed by atoms with van der Waals surface area (Å²) in [4.78, 5) is 19.5. The summed E-state index contributed by atoms with van der Waals surface area (Å²) in [6.45, 7) is 1.42. The number of nitrogens with zero attached hydrogens (tertiary/aromatic N) is 2. The van der Waals surface area contributed by atoms with Crippen LogP contribution in [-0.4, -0.2) is 43.1 Å². The number of carbonyl (C=O) groups is 1. The maximum Gasteiger partial charge on any atom is 0.246 e. The van der Waals surface area contributed by atoms with E-state index >= 15 is 0 Å². The monoisotopic (exact) mass is 546 g/mol. The molecule has 0 spiro atoms. The molecule has 1 fully saturated rings. The van der Waals surface area contributed by atoms with E-state index in [-0.39, 0.29) is 5.91 Å². The summed E-state index contributed by atoms with van der Waals surface area (Å²) in [5.74, 6) is 1.37. The molecule has 5 nitrogen and oxygen atoms in total. The van der Waals surface area contributed by atoms with Crippen molar-refractivity contribution in [3.63, 3.8) is 0 Å². The molecule has 1 amide bonds. The number of piperidine rings is 1. The molecule has 0 radical (unpaired) electrons. The van der Waals surface area contributed by atoms with Crippen molar-refractivity contribution in [3.05, 3.63) is 67.9 Å². The van der Waals surface area contributed by atoms with Gasteiger partial charge in [0.1, 0.15) is 0 Å². The van der Waals surface area contributed by atoms with Crippen LogP contribution in [0, 0.1) is 0 Å². The topological polar surface area (TPSA) is 51.7 Å². The number of methoxy groups -OCH3 is 2. The third-order valence-electron chi connectivity index (χ3n) is 5.72. The minimum Gasteiger partial charge on any atom is -0.493 e. The van der Waals surface area contributed by atoms with Gasteiger partial charge in [0.2, 0.25) is 5.91 Å². The van der Waals surface area contributed by atoms with Gasteiger partial charge in [0.05, 0.1) is 29.9 Å². The average molecular weight is 548 g/mol. The molecule has 1 saturated heterocycles. The Bertz CT molecular complexity index is 1170. The van der Waals surface area contributed by atoms with Crippen LogP contribution >= 0.6 is 38.9 Å². The van der Waals surface area contributed by atoms with Crippen LogP contribution in [-0.2, 0) is 4.79 Å². The number of thiazole rings is 1. The predicted molar refractivity (Wildman–Crippen MR) is 137 cm³/mol. The second-order valence-corrected chi connectivity index (χ2v) is 9.90. The van der Waals surface area contributed by atoms with E-state index in [9.17, 15) is 4.79 Å². The molecule has 0 unspecified atom stereocenters. The van der Waals surface area contributed by atoms with Crippen LogP contribution in [0.2, 0.25) is 5.02 Å². The summed E-state index contributed by atoms with van der Waals surface area (Å²) in [7, 11) is 3.10. The normalized spacial score (nSPS) is 14.6. The van der Waals surface area contributed by atoms with E-state index in [2.05, 4.69) is 33.4 Å². The molecule has 1 aromatic heterocycles. The highest BCUT2D eigenvalue weighted by molar-refractivity contribution is 9.10. The first-order chi connectivity index (χ1) is 16.0. The highest BCUT2D eigenvalue weighted by Crippen LogP contribution is 2.38. The average Bonchev–Trinajstić information content (AvgIpc) is 3.33. The molecule has 0 saturated carbocycles.